The van der Waals surface area contributed by atoms with Gasteiger partial charge in [-0.3, -0.25) is 9.59 Å². The molecule has 0 aliphatic heterocycles. The van der Waals surface area contributed by atoms with Crippen LogP contribution in [0.1, 0.15) is 188 Å². The molecular weight excluding hydrogens is 652 g/mol. The smallest absolute Gasteiger partial charge is 0.306 e. The van der Waals surface area contributed by atoms with Gasteiger partial charge in [0.15, 0.2) is 6.10 Å². The predicted octanol–water partition coefficient (Wildman–Crippen LogP) is 11.2. The lowest BCUT2D eigenvalue weighted by Gasteiger charge is -2.16. The average molecular weight is 733 g/mol. The van der Waals surface area contributed by atoms with Gasteiger partial charge in [0.1, 0.15) is 6.61 Å². The second-order valence-electron chi connectivity index (χ2n) is 15.0. The van der Waals surface area contributed by atoms with Crippen LogP contribution in [0.4, 0.5) is 0 Å². The molecule has 0 unspecified atom stereocenters. The minimum atomic E-state index is -0.885. The third-order valence-electron chi connectivity index (χ3n) is 9.24. The van der Waals surface area contributed by atoms with Crippen molar-refractivity contribution in [2.45, 2.75) is 206 Å². The number of hydrogen-bond acceptors (Lipinski definition) is 7. The Morgan fingerprint density at radius 1 is 0.577 bits per heavy atom. The largest absolute Gasteiger partial charge is 0.462 e. The van der Waals surface area contributed by atoms with Gasteiger partial charge in [0.25, 0.3) is 0 Å². The average Bonchev–Trinajstić information content (AvgIpc) is 3.12. The molecule has 0 aromatic heterocycles. The van der Waals surface area contributed by atoms with Crippen LogP contribution < -0.4 is 0 Å². The van der Waals surface area contributed by atoms with E-state index in [1.165, 1.54) is 109 Å². The van der Waals surface area contributed by atoms with Crippen molar-refractivity contribution < 1.29 is 34.4 Å². The first-order valence-corrected chi connectivity index (χ1v) is 21.3. The van der Waals surface area contributed by atoms with Gasteiger partial charge in [0, 0.05) is 12.8 Å². The summed E-state index contributed by atoms with van der Waals surface area (Å²) in [6, 6.07) is 0. The molecular formula is C45H80O7. The lowest BCUT2D eigenvalue weighted by atomic mass is 10.0. The lowest BCUT2D eigenvalue weighted by molar-refractivity contribution is -0.161. The standard InChI is InChI=1S/C45H80O7/c1-4-5-6-7-21-26-32-41(47)33-27-23-24-28-34-42(48)35-30-37-45(50)52-43(38-46)39-51-44(49)36-29-22-19-17-15-13-11-9-8-10-12-14-16-18-20-25-31-40(2)3/h21,23-24,26-28,33-34,40-43,46-48H,4-20,22,25,29-32,35-39H2,1-3H3/b24-23+,26-21-,33-27+,34-28-/t41-,42-,43-/m0/s1. The quantitative estimate of drug-likeness (QED) is 0.0252. The van der Waals surface area contributed by atoms with Crippen molar-refractivity contribution in [1.82, 2.24) is 0 Å². The molecule has 3 atom stereocenters. The number of aliphatic hydroxyl groups excluding tert-OH is 3. The summed E-state index contributed by atoms with van der Waals surface area (Å²) in [5.74, 6) is 0.0186. The van der Waals surface area contributed by atoms with Crippen molar-refractivity contribution in [1.29, 1.82) is 0 Å². The van der Waals surface area contributed by atoms with Crippen molar-refractivity contribution in [2.24, 2.45) is 5.92 Å². The van der Waals surface area contributed by atoms with Crippen LogP contribution in [0.25, 0.3) is 0 Å². The van der Waals surface area contributed by atoms with Gasteiger partial charge in [-0.25, -0.2) is 0 Å². The Bertz CT molecular complexity index is 923. The van der Waals surface area contributed by atoms with Gasteiger partial charge in [-0.2, -0.15) is 0 Å². The number of rotatable bonds is 37. The summed E-state index contributed by atoms with van der Waals surface area (Å²) >= 11 is 0. The Morgan fingerprint density at radius 2 is 1.10 bits per heavy atom. The number of hydrogen-bond donors (Lipinski definition) is 3. The maximum atomic E-state index is 12.2. The molecule has 0 aromatic rings. The van der Waals surface area contributed by atoms with E-state index in [1.54, 1.807) is 36.5 Å². The van der Waals surface area contributed by atoms with E-state index in [-0.39, 0.29) is 19.0 Å². The minimum absolute atomic E-state index is 0.0950. The fraction of sp³-hybridized carbons (Fsp3) is 0.778. The molecule has 7 nitrogen and oxygen atoms in total. The number of unbranched alkanes of at least 4 members (excludes halogenated alkanes) is 18. The van der Waals surface area contributed by atoms with Crippen LogP contribution in [0.5, 0.6) is 0 Å². The topological polar surface area (TPSA) is 113 Å². The molecule has 0 fully saturated rings. The monoisotopic (exact) mass is 733 g/mol. The van der Waals surface area contributed by atoms with E-state index in [4.69, 9.17) is 9.47 Å². The van der Waals surface area contributed by atoms with Crippen LogP contribution in [0.3, 0.4) is 0 Å². The van der Waals surface area contributed by atoms with Gasteiger partial charge >= 0.3 is 11.9 Å². The van der Waals surface area contributed by atoms with E-state index in [2.05, 4.69) is 26.8 Å². The first kappa shape index (κ1) is 49.8. The van der Waals surface area contributed by atoms with Crippen LogP contribution in [0, 0.1) is 5.92 Å². The maximum Gasteiger partial charge on any atom is 0.306 e. The summed E-state index contributed by atoms with van der Waals surface area (Å²) in [5.41, 5.74) is 0. The number of carbonyl (C=O) groups excluding carboxylic acids is 2. The van der Waals surface area contributed by atoms with Gasteiger partial charge in [-0.15, -0.1) is 0 Å². The molecule has 3 N–H and O–H groups in total. The molecule has 0 rings (SSSR count). The molecule has 0 amide bonds. The molecule has 302 valence electrons. The van der Waals surface area contributed by atoms with Gasteiger partial charge in [-0.05, 0) is 44.4 Å². The summed E-state index contributed by atoms with van der Waals surface area (Å²) in [6.45, 7) is 6.23. The van der Waals surface area contributed by atoms with E-state index in [1.807, 2.05) is 6.08 Å². The summed E-state index contributed by atoms with van der Waals surface area (Å²) in [5, 5.41) is 29.7. The summed E-state index contributed by atoms with van der Waals surface area (Å²) in [6.07, 6.45) is 40.9. The number of ether oxygens (including phenoxy) is 2. The summed E-state index contributed by atoms with van der Waals surface area (Å²) in [7, 11) is 0. The molecule has 0 radical (unpaired) electrons. The van der Waals surface area contributed by atoms with Crippen LogP contribution in [0.2, 0.25) is 0 Å². The highest BCUT2D eigenvalue weighted by Gasteiger charge is 2.16. The molecule has 0 aliphatic rings. The highest BCUT2D eigenvalue weighted by molar-refractivity contribution is 5.70. The molecule has 0 spiro atoms. The first-order valence-electron chi connectivity index (χ1n) is 21.3. The zero-order valence-corrected chi connectivity index (χ0v) is 33.7. The molecule has 0 bridgehead atoms. The van der Waals surface area contributed by atoms with Crippen molar-refractivity contribution in [3.8, 4) is 0 Å². The van der Waals surface area contributed by atoms with Crippen LogP contribution in [-0.2, 0) is 19.1 Å². The van der Waals surface area contributed by atoms with E-state index < -0.39 is 30.9 Å². The molecule has 0 saturated carbocycles. The third-order valence-corrected chi connectivity index (χ3v) is 9.24. The second kappa shape index (κ2) is 38.5. The fourth-order valence-electron chi connectivity index (χ4n) is 5.93. The predicted molar refractivity (Wildman–Crippen MR) is 217 cm³/mol. The number of aliphatic hydroxyl groups is 3. The number of carbonyl (C=O) groups is 2. The van der Waals surface area contributed by atoms with Crippen molar-refractivity contribution in [3.05, 3.63) is 48.6 Å². The fourth-order valence-corrected chi connectivity index (χ4v) is 5.93. The zero-order valence-electron chi connectivity index (χ0n) is 33.7. The Morgan fingerprint density at radius 3 is 1.63 bits per heavy atom. The van der Waals surface area contributed by atoms with E-state index in [0.717, 1.165) is 31.6 Å². The molecule has 7 heteroatoms. The Labute approximate surface area is 319 Å². The van der Waals surface area contributed by atoms with Gasteiger partial charge in [-0.1, -0.05) is 185 Å². The molecule has 52 heavy (non-hydrogen) atoms. The van der Waals surface area contributed by atoms with Crippen LogP contribution >= 0.6 is 0 Å². The van der Waals surface area contributed by atoms with Crippen molar-refractivity contribution >= 4 is 11.9 Å². The van der Waals surface area contributed by atoms with E-state index >= 15 is 0 Å². The highest BCUT2D eigenvalue weighted by atomic mass is 16.6. The molecule has 0 heterocycles. The normalized spacial score (nSPS) is 14.0. The van der Waals surface area contributed by atoms with Gasteiger partial charge < -0.3 is 24.8 Å². The third kappa shape index (κ3) is 37.5. The van der Waals surface area contributed by atoms with Crippen molar-refractivity contribution in [2.75, 3.05) is 13.2 Å². The summed E-state index contributed by atoms with van der Waals surface area (Å²) in [4.78, 5) is 24.3. The lowest BCUT2D eigenvalue weighted by Crippen LogP contribution is -2.28. The van der Waals surface area contributed by atoms with Crippen molar-refractivity contribution in [3.63, 3.8) is 0 Å². The molecule has 0 aliphatic carbocycles. The summed E-state index contributed by atoms with van der Waals surface area (Å²) < 4.78 is 10.5. The first-order chi connectivity index (χ1) is 25.3. The SMILES string of the molecule is CCCCC/C=C\C[C@H](O)/C=C/C=C/C=C\[C@H](O)CCCC(=O)O[C@@H](CO)COC(=O)CCCCCCCCCCCCCCCCCCC(C)C. The van der Waals surface area contributed by atoms with Crippen LogP contribution in [-0.4, -0.2) is 58.8 Å². The number of esters is 2. The second-order valence-corrected chi connectivity index (χ2v) is 15.0. The zero-order chi connectivity index (χ0) is 38.3. The Balaban J connectivity index is 3.76. The maximum absolute atomic E-state index is 12.2. The van der Waals surface area contributed by atoms with Gasteiger partial charge in [0.2, 0.25) is 0 Å². The van der Waals surface area contributed by atoms with Crippen LogP contribution in [0.15, 0.2) is 48.6 Å². The van der Waals surface area contributed by atoms with E-state index in [9.17, 15) is 24.9 Å². The van der Waals surface area contributed by atoms with E-state index in [0.29, 0.717) is 25.7 Å². The minimum Gasteiger partial charge on any atom is -0.462 e. The van der Waals surface area contributed by atoms with Gasteiger partial charge in [0.05, 0.1) is 18.8 Å². The molecule has 0 saturated heterocycles. The Kier molecular flexibility index (Phi) is 36.9. The highest BCUT2D eigenvalue weighted by Crippen LogP contribution is 2.16. The Hall–Kier alpha value is -2.22. The number of allylic oxidation sites excluding steroid dienone is 5. The molecule has 0 aromatic carbocycles.